The zero-order valence-corrected chi connectivity index (χ0v) is 12.7. The van der Waals surface area contributed by atoms with E-state index in [2.05, 4.69) is 15.6 Å². The van der Waals surface area contributed by atoms with Gasteiger partial charge in [0.25, 0.3) is 5.91 Å². The van der Waals surface area contributed by atoms with Crippen LogP contribution >= 0.6 is 12.4 Å². The number of pyridine rings is 1. The van der Waals surface area contributed by atoms with E-state index in [-0.39, 0.29) is 35.3 Å². The molecular formula is C14H22ClN3O2. The van der Waals surface area contributed by atoms with Gasteiger partial charge in [-0.15, -0.1) is 12.4 Å². The second-order valence-corrected chi connectivity index (χ2v) is 5.26. The summed E-state index contributed by atoms with van der Waals surface area (Å²) in [4.78, 5) is 26.7. The van der Waals surface area contributed by atoms with Crippen LogP contribution in [0.4, 0.5) is 0 Å². The van der Waals surface area contributed by atoms with E-state index in [1.54, 1.807) is 6.92 Å². The Morgan fingerprint density at radius 2 is 2.25 bits per heavy atom. The minimum absolute atomic E-state index is 0. The standard InChI is InChI=1S/C14H21N3O2.ClH/c1-9-6-13(18)12(8-16-9)14(19)17-10(2)11-4-3-5-15-7-11;/h6,8,10-11,15H,3-5,7H2,1-2H3,(H,16,18)(H,17,19);1H. The van der Waals surface area contributed by atoms with E-state index in [9.17, 15) is 9.59 Å². The third kappa shape index (κ3) is 4.08. The molecule has 20 heavy (non-hydrogen) atoms. The van der Waals surface area contributed by atoms with E-state index < -0.39 is 0 Å². The van der Waals surface area contributed by atoms with Gasteiger partial charge in [0, 0.05) is 24.0 Å². The Morgan fingerprint density at radius 1 is 1.50 bits per heavy atom. The molecule has 1 aliphatic heterocycles. The van der Waals surface area contributed by atoms with Crippen molar-refractivity contribution in [2.45, 2.75) is 32.7 Å². The second kappa shape index (κ2) is 7.45. The van der Waals surface area contributed by atoms with E-state index in [4.69, 9.17) is 0 Å². The van der Waals surface area contributed by atoms with E-state index >= 15 is 0 Å². The van der Waals surface area contributed by atoms with Crippen LogP contribution < -0.4 is 16.1 Å². The van der Waals surface area contributed by atoms with Crippen LogP contribution in [0.15, 0.2) is 17.1 Å². The summed E-state index contributed by atoms with van der Waals surface area (Å²) < 4.78 is 0. The molecule has 2 unspecified atom stereocenters. The number of H-pyrrole nitrogens is 1. The van der Waals surface area contributed by atoms with Crippen LogP contribution in [0.25, 0.3) is 0 Å². The molecule has 1 amide bonds. The molecule has 1 fully saturated rings. The fourth-order valence-corrected chi connectivity index (χ4v) is 2.46. The van der Waals surface area contributed by atoms with Crippen molar-refractivity contribution in [3.8, 4) is 0 Å². The average molecular weight is 300 g/mol. The molecule has 0 spiro atoms. The highest BCUT2D eigenvalue weighted by molar-refractivity contribution is 5.93. The van der Waals surface area contributed by atoms with Crippen LogP contribution in [0.1, 0.15) is 35.8 Å². The van der Waals surface area contributed by atoms with Crippen LogP contribution in [0, 0.1) is 12.8 Å². The largest absolute Gasteiger partial charge is 0.364 e. The van der Waals surface area contributed by atoms with Crippen LogP contribution in [-0.2, 0) is 0 Å². The van der Waals surface area contributed by atoms with Crippen LogP contribution in [0.5, 0.6) is 0 Å². The quantitative estimate of drug-likeness (QED) is 0.786. The summed E-state index contributed by atoms with van der Waals surface area (Å²) in [5.74, 6) is 0.140. The van der Waals surface area contributed by atoms with Crippen molar-refractivity contribution in [3.63, 3.8) is 0 Å². The molecule has 1 aromatic heterocycles. The maximum absolute atomic E-state index is 12.1. The Bertz CT molecular complexity index is 509. The van der Waals surface area contributed by atoms with Crippen molar-refractivity contribution in [3.05, 3.63) is 33.7 Å². The summed E-state index contributed by atoms with van der Waals surface area (Å²) in [5.41, 5.74) is 0.704. The highest BCUT2D eigenvalue weighted by atomic mass is 35.5. The maximum atomic E-state index is 12.1. The zero-order valence-electron chi connectivity index (χ0n) is 11.9. The third-order valence-electron chi connectivity index (χ3n) is 3.70. The molecule has 1 aliphatic rings. The lowest BCUT2D eigenvalue weighted by atomic mass is 9.92. The van der Waals surface area contributed by atoms with Crippen molar-refractivity contribution < 1.29 is 4.79 Å². The van der Waals surface area contributed by atoms with Gasteiger partial charge in [0.05, 0.1) is 0 Å². The van der Waals surface area contributed by atoms with Crippen LogP contribution in [-0.4, -0.2) is 30.0 Å². The number of halogens is 1. The molecule has 0 aliphatic carbocycles. The Balaban J connectivity index is 0.00000200. The molecule has 2 rings (SSSR count). The van der Waals surface area contributed by atoms with Crippen LogP contribution in [0.3, 0.4) is 0 Å². The van der Waals surface area contributed by atoms with Crippen molar-refractivity contribution in [2.24, 2.45) is 5.92 Å². The summed E-state index contributed by atoms with van der Waals surface area (Å²) in [6.07, 6.45) is 3.73. The number of piperidine rings is 1. The van der Waals surface area contributed by atoms with Gasteiger partial charge < -0.3 is 15.6 Å². The molecule has 1 aromatic rings. The highest BCUT2D eigenvalue weighted by Crippen LogP contribution is 2.14. The van der Waals surface area contributed by atoms with Crippen LogP contribution in [0.2, 0.25) is 0 Å². The molecule has 112 valence electrons. The monoisotopic (exact) mass is 299 g/mol. The Kier molecular flexibility index (Phi) is 6.23. The topological polar surface area (TPSA) is 74.0 Å². The summed E-state index contributed by atoms with van der Waals surface area (Å²) >= 11 is 0. The molecule has 0 saturated carbocycles. The molecule has 2 heterocycles. The molecule has 1 saturated heterocycles. The molecular weight excluding hydrogens is 278 g/mol. The number of hydrogen-bond donors (Lipinski definition) is 3. The normalized spacial score (nSPS) is 19.8. The SMILES string of the molecule is Cc1cc(=O)c(C(=O)NC(C)C2CCCNC2)c[nH]1.Cl. The lowest BCUT2D eigenvalue weighted by Gasteiger charge is -2.28. The van der Waals surface area contributed by atoms with Gasteiger partial charge in [0.15, 0.2) is 5.43 Å². The molecule has 3 N–H and O–H groups in total. The molecule has 5 nitrogen and oxygen atoms in total. The summed E-state index contributed by atoms with van der Waals surface area (Å²) in [5, 5.41) is 6.26. The fourth-order valence-electron chi connectivity index (χ4n) is 2.46. The first-order chi connectivity index (χ1) is 9.08. The molecule has 6 heteroatoms. The van der Waals surface area contributed by atoms with Crippen molar-refractivity contribution in [2.75, 3.05) is 13.1 Å². The highest BCUT2D eigenvalue weighted by Gasteiger charge is 2.22. The number of hydrogen-bond acceptors (Lipinski definition) is 3. The third-order valence-corrected chi connectivity index (χ3v) is 3.70. The Labute approximate surface area is 125 Å². The first-order valence-electron chi connectivity index (χ1n) is 6.79. The van der Waals surface area contributed by atoms with E-state index in [1.807, 2.05) is 6.92 Å². The first kappa shape index (κ1) is 16.7. The van der Waals surface area contributed by atoms with Gasteiger partial charge in [-0.2, -0.15) is 0 Å². The predicted octanol–water partition coefficient (Wildman–Crippen LogP) is 1.22. The average Bonchev–Trinajstić information content (AvgIpc) is 2.39. The number of carbonyl (C=O) groups is 1. The van der Waals surface area contributed by atoms with Gasteiger partial charge in [-0.3, -0.25) is 9.59 Å². The zero-order chi connectivity index (χ0) is 13.8. The first-order valence-corrected chi connectivity index (χ1v) is 6.79. The summed E-state index contributed by atoms with van der Waals surface area (Å²) in [6.45, 7) is 5.76. The lowest BCUT2D eigenvalue weighted by molar-refractivity contribution is 0.0920. The van der Waals surface area contributed by atoms with Crippen molar-refractivity contribution in [1.82, 2.24) is 15.6 Å². The number of aromatic nitrogens is 1. The summed E-state index contributed by atoms with van der Waals surface area (Å²) in [7, 11) is 0. The Morgan fingerprint density at radius 3 is 2.85 bits per heavy atom. The number of aromatic amines is 1. The van der Waals surface area contributed by atoms with Gasteiger partial charge in [-0.1, -0.05) is 0 Å². The lowest BCUT2D eigenvalue weighted by Crippen LogP contribution is -2.45. The number of carbonyl (C=O) groups excluding carboxylic acids is 1. The number of aryl methyl sites for hydroxylation is 1. The fraction of sp³-hybridized carbons (Fsp3) is 0.571. The van der Waals surface area contributed by atoms with Gasteiger partial charge in [-0.05, 0) is 45.7 Å². The minimum atomic E-state index is -0.292. The molecule has 0 bridgehead atoms. The van der Waals surface area contributed by atoms with Gasteiger partial charge >= 0.3 is 0 Å². The van der Waals surface area contributed by atoms with Crippen molar-refractivity contribution in [1.29, 1.82) is 0 Å². The number of rotatable bonds is 3. The minimum Gasteiger partial charge on any atom is -0.364 e. The van der Waals surface area contributed by atoms with Gasteiger partial charge in [-0.25, -0.2) is 0 Å². The maximum Gasteiger partial charge on any atom is 0.256 e. The number of amides is 1. The Hall–Kier alpha value is -1.33. The summed E-state index contributed by atoms with van der Waals surface area (Å²) in [6, 6.07) is 1.52. The van der Waals surface area contributed by atoms with E-state index in [0.717, 1.165) is 31.6 Å². The van der Waals surface area contributed by atoms with Crippen molar-refractivity contribution >= 4 is 18.3 Å². The number of nitrogens with one attached hydrogen (secondary N) is 3. The molecule has 2 atom stereocenters. The molecule has 0 aromatic carbocycles. The van der Waals surface area contributed by atoms with Gasteiger partial charge in [0.1, 0.15) is 5.56 Å². The van der Waals surface area contributed by atoms with E-state index in [0.29, 0.717) is 5.92 Å². The smallest absolute Gasteiger partial charge is 0.256 e. The van der Waals surface area contributed by atoms with E-state index in [1.165, 1.54) is 12.3 Å². The molecule has 0 radical (unpaired) electrons. The van der Waals surface area contributed by atoms with Gasteiger partial charge in [0.2, 0.25) is 0 Å². The second-order valence-electron chi connectivity index (χ2n) is 5.26. The predicted molar refractivity (Wildman–Crippen MR) is 81.6 cm³/mol.